The maximum atomic E-state index is 13.4. The second-order valence-corrected chi connectivity index (χ2v) is 11.0. The maximum absolute atomic E-state index is 13.4. The first kappa shape index (κ1) is 24.6. The molecule has 5 rings (SSSR count). The molecule has 3 aromatic rings. The van der Waals surface area contributed by atoms with Crippen molar-refractivity contribution < 1.29 is 9.59 Å². The van der Waals surface area contributed by atoms with Crippen LogP contribution in [0.5, 0.6) is 0 Å². The molecular weight excluding hydrogens is 474 g/mol. The van der Waals surface area contributed by atoms with Crippen LogP contribution >= 0.6 is 11.3 Å². The van der Waals surface area contributed by atoms with E-state index in [4.69, 9.17) is 0 Å². The van der Waals surface area contributed by atoms with E-state index >= 15 is 0 Å². The number of hydrogen-bond donors (Lipinski definition) is 0. The minimum atomic E-state index is -0.251. The normalized spacial score (nSPS) is 17.6. The lowest BCUT2D eigenvalue weighted by Gasteiger charge is -2.34. The molecule has 4 heterocycles. The van der Waals surface area contributed by atoms with E-state index < -0.39 is 0 Å². The van der Waals surface area contributed by atoms with Gasteiger partial charge >= 0.3 is 0 Å². The summed E-state index contributed by atoms with van der Waals surface area (Å²) in [5, 5.41) is 0.452. The summed E-state index contributed by atoms with van der Waals surface area (Å²) >= 11 is 1.27. The number of carbonyl (C=O) groups is 2. The summed E-state index contributed by atoms with van der Waals surface area (Å²) in [6.45, 7) is 9.28. The molecule has 0 bridgehead atoms. The highest BCUT2D eigenvalue weighted by atomic mass is 32.1. The van der Waals surface area contributed by atoms with Crippen LogP contribution in [0.3, 0.4) is 0 Å². The van der Waals surface area contributed by atoms with Crippen LogP contribution in [-0.2, 0) is 17.9 Å². The SMILES string of the molecule is Cc1c(C(=O)N2CCN(Cc3ccccc3)CC2)sc2ncn(CC(=O)N3CCC(C)CC3)c(=O)c12. The molecule has 0 radical (unpaired) electrons. The quantitative estimate of drug-likeness (QED) is 0.531. The fourth-order valence-electron chi connectivity index (χ4n) is 5.07. The molecule has 1 aromatic carbocycles. The Bertz CT molecular complexity index is 1300. The molecule has 2 saturated heterocycles. The van der Waals surface area contributed by atoms with Crippen LogP contribution in [-0.4, -0.2) is 75.3 Å². The Morgan fingerprint density at radius 3 is 2.39 bits per heavy atom. The zero-order valence-corrected chi connectivity index (χ0v) is 21.8. The summed E-state index contributed by atoms with van der Waals surface area (Å²) in [5.74, 6) is 0.535. The number of fused-ring (bicyclic) bond motifs is 1. The van der Waals surface area contributed by atoms with Gasteiger partial charge in [0.25, 0.3) is 11.5 Å². The average molecular weight is 508 g/mol. The number of nitrogens with zero attached hydrogens (tertiary/aromatic N) is 5. The largest absolute Gasteiger partial charge is 0.341 e. The molecule has 190 valence electrons. The highest BCUT2D eigenvalue weighted by Crippen LogP contribution is 2.28. The number of piperidine rings is 1. The van der Waals surface area contributed by atoms with Gasteiger partial charge in [-0.05, 0) is 36.8 Å². The van der Waals surface area contributed by atoms with Crippen molar-refractivity contribution in [3.63, 3.8) is 0 Å². The Morgan fingerprint density at radius 2 is 1.69 bits per heavy atom. The van der Waals surface area contributed by atoms with Gasteiger partial charge in [0.1, 0.15) is 11.4 Å². The lowest BCUT2D eigenvalue weighted by Crippen LogP contribution is -2.48. The van der Waals surface area contributed by atoms with Crippen LogP contribution < -0.4 is 5.56 Å². The van der Waals surface area contributed by atoms with Gasteiger partial charge in [-0.25, -0.2) is 4.98 Å². The van der Waals surface area contributed by atoms with Gasteiger partial charge in [0, 0.05) is 45.8 Å². The van der Waals surface area contributed by atoms with Gasteiger partial charge in [-0.15, -0.1) is 11.3 Å². The third kappa shape index (κ3) is 5.08. The zero-order valence-electron chi connectivity index (χ0n) is 21.0. The number of amides is 2. The van der Waals surface area contributed by atoms with Gasteiger partial charge in [-0.1, -0.05) is 37.3 Å². The molecule has 0 atom stereocenters. The molecular formula is C27H33N5O3S. The molecule has 0 aliphatic carbocycles. The predicted molar refractivity (Wildman–Crippen MR) is 141 cm³/mol. The molecule has 2 aliphatic heterocycles. The van der Waals surface area contributed by atoms with E-state index in [-0.39, 0.29) is 23.9 Å². The minimum Gasteiger partial charge on any atom is -0.341 e. The van der Waals surface area contributed by atoms with Crippen molar-refractivity contribution in [3.8, 4) is 0 Å². The fourth-order valence-corrected chi connectivity index (χ4v) is 6.18. The Hall–Kier alpha value is -3.04. The number of aromatic nitrogens is 2. The van der Waals surface area contributed by atoms with E-state index in [9.17, 15) is 14.4 Å². The van der Waals surface area contributed by atoms with Gasteiger partial charge in [0.15, 0.2) is 0 Å². The number of rotatable bonds is 5. The summed E-state index contributed by atoms with van der Waals surface area (Å²) in [7, 11) is 0. The first-order valence-electron chi connectivity index (χ1n) is 12.7. The van der Waals surface area contributed by atoms with Crippen LogP contribution in [0, 0.1) is 12.8 Å². The van der Waals surface area contributed by atoms with Crippen molar-refractivity contribution in [3.05, 3.63) is 63.0 Å². The van der Waals surface area contributed by atoms with Crippen molar-refractivity contribution in [2.24, 2.45) is 5.92 Å². The lowest BCUT2D eigenvalue weighted by atomic mass is 9.99. The molecule has 2 aliphatic rings. The summed E-state index contributed by atoms with van der Waals surface area (Å²) in [6.07, 6.45) is 3.43. The fraction of sp³-hybridized carbons (Fsp3) is 0.481. The smallest absolute Gasteiger partial charge is 0.264 e. The van der Waals surface area contributed by atoms with E-state index in [0.29, 0.717) is 39.7 Å². The highest BCUT2D eigenvalue weighted by molar-refractivity contribution is 7.20. The average Bonchev–Trinajstić information content (AvgIpc) is 3.23. The maximum Gasteiger partial charge on any atom is 0.264 e. The van der Waals surface area contributed by atoms with Crippen molar-refractivity contribution in [2.45, 2.75) is 39.8 Å². The summed E-state index contributed by atoms with van der Waals surface area (Å²) in [5.41, 5.74) is 1.69. The van der Waals surface area contributed by atoms with Gasteiger partial charge in [-0.2, -0.15) is 0 Å². The van der Waals surface area contributed by atoms with E-state index in [0.717, 1.165) is 45.6 Å². The van der Waals surface area contributed by atoms with E-state index in [2.05, 4.69) is 28.9 Å². The van der Waals surface area contributed by atoms with Crippen LogP contribution in [0.2, 0.25) is 0 Å². The standard InChI is InChI=1S/C27H33N5O3S/c1-19-8-10-30(11-9-19)22(33)17-32-18-28-25-23(26(32)34)20(2)24(36-25)27(35)31-14-12-29(13-15-31)16-21-6-4-3-5-7-21/h3-7,18-19H,8-17H2,1-2H3. The third-order valence-corrected chi connectivity index (χ3v) is 8.65. The molecule has 2 fully saturated rings. The summed E-state index contributed by atoms with van der Waals surface area (Å²) in [4.78, 5) is 51.1. The Balaban J connectivity index is 1.27. The summed E-state index contributed by atoms with van der Waals surface area (Å²) in [6, 6.07) is 10.4. The van der Waals surface area contributed by atoms with Crippen LogP contribution in [0.25, 0.3) is 10.2 Å². The summed E-state index contributed by atoms with van der Waals surface area (Å²) < 4.78 is 1.39. The van der Waals surface area contributed by atoms with Gasteiger partial charge < -0.3 is 9.80 Å². The molecule has 0 unspecified atom stereocenters. The number of likely N-dealkylation sites (tertiary alicyclic amines) is 1. The predicted octanol–water partition coefficient (Wildman–Crippen LogP) is 2.98. The monoisotopic (exact) mass is 507 g/mol. The van der Waals surface area contributed by atoms with Gasteiger partial charge in [0.2, 0.25) is 5.91 Å². The number of piperazine rings is 1. The molecule has 2 amide bonds. The first-order chi connectivity index (χ1) is 17.4. The second-order valence-electron chi connectivity index (χ2n) is 10.0. The molecule has 0 saturated carbocycles. The Kier molecular flexibility index (Phi) is 7.20. The Morgan fingerprint density at radius 1 is 1.00 bits per heavy atom. The van der Waals surface area contributed by atoms with Crippen LogP contribution in [0.1, 0.15) is 40.6 Å². The van der Waals surface area contributed by atoms with E-state index in [1.807, 2.05) is 34.9 Å². The zero-order chi connectivity index (χ0) is 25.2. The first-order valence-corrected chi connectivity index (χ1v) is 13.5. The molecule has 0 spiro atoms. The van der Waals surface area contributed by atoms with Crippen molar-refractivity contribution in [1.82, 2.24) is 24.3 Å². The number of aryl methyl sites for hydroxylation is 1. The second kappa shape index (κ2) is 10.5. The number of hydrogen-bond acceptors (Lipinski definition) is 6. The van der Waals surface area contributed by atoms with Gasteiger partial charge in [0.05, 0.1) is 16.6 Å². The Labute approximate surface area is 215 Å². The molecule has 2 aromatic heterocycles. The molecule has 9 heteroatoms. The highest BCUT2D eigenvalue weighted by Gasteiger charge is 2.27. The van der Waals surface area contributed by atoms with Crippen LogP contribution in [0.4, 0.5) is 0 Å². The minimum absolute atomic E-state index is 0.0158. The van der Waals surface area contributed by atoms with E-state index in [1.165, 1.54) is 27.8 Å². The molecule has 36 heavy (non-hydrogen) atoms. The lowest BCUT2D eigenvalue weighted by molar-refractivity contribution is -0.133. The number of benzene rings is 1. The van der Waals surface area contributed by atoms with Crippen molar-refractivity contribution >= 4 is 33.4 Å². The number of carbonyl (C=O) groups excluding carboxylic acids is 2. The topological polar surface area (TPSA) is 78.8 Å². The van der Waals surface area contributed by atoms with Crippen molar-refractivity contribution in [2.75, 3.05) is 39.3 Å². The molecule has 8 nitrogen and oxygen atoms in total. The van der Waals surface area contributed by atoms with Gasteiger partial charge in [-0.3, -0.25) is 23.9 Å². The van der Waals surface area contributed by atoms with Crippen molar-refractivity contribution in [1.29, 1.82) is 0 Å². The number of thiophene rings is 1. The third-order valence-electron chi connectivity index (χ3n) is 7.46. The van der Waals surface area contributed by atoms with E-state index in [1.54, 1.807) is 0 Å². The van der Waals surface area contributed by atoms with Crippen LogP contribution in [0.15, 0.2) is 41.5 Å². The molecule has 0 N–H and O–H groups in total.